The normalized spacial score (nSPS) is 10.5. The molecule has 0 fully saturated rings. The van der Waals surface area contributed by atoms with Crippen molar-refractivity contribution in [3.05, 3.63) is 27.7 Å². The summed E-state index contributed by atoms with van der Waals surface area (Å²) in [5.74, 6) is 0.602. The highest BCUT2D eigenvalue weighted by atomic mass is 35.5. The minimum absolute atomic E-state index is 0.581. The van der Waals surface area contributed by atoms with Crippen molar-refractivity contribution in [3.63, 3.8) is 0 Å². The van der Waals surface area contributed by atoms with E-state index in [-0.39, 0.29) is 0 Å². The van der Waals surface area contributed by atoms with E-state index in [1.807, 2.05) is 13.1 Å². The molecule has 5 heteroatoms. The average molecular weight is 263 g/mol. The number of rotatable bonds is 6. The van der Waals surface area contributed by atoms with E-state index < -0.39 is 0 Å². The van der Waals surface area contributed by atoms with Crippen molar-refractivity contribution in [2.75, 3.05) is 27.2 Å². The quantitative estimate of drug-likeness (QED) is 0.773. The fourth-order valence-electron chi connectivity index (χ4n) is 1.30. The summed E-state index contributed by atoms with van der Waals surface area (Å²) in [7, 11) is 3.49. The molecule has 0 amide bonds. The van der Waals surface area contributed by atoms with Crippen LogP contribution in [0.5, 0.6) is 5.75 Å². The molecular weight excluding hydrogens is 247 g/mol. The maximum Gasteiger partial charge on any atom is 0.138 e. The smallest absolute Gasteiger partial charge is 0.138 e. The molecule has 0 heterocycles. The summed E-state index contributed by atoms with van der Waals surface area (Å²) in [5.41, 5.74) is 0.976. The Balaban J connectivity index is 2.63. The number of hydrogen-bond acceptors (Lipinski definition) is 3. The predicted octanol–water partition coefficient (Wildman–Crippen LogP) is 2.31. The zero-order chi connectivity index (χ0) is 12.0. The summed E-state index contributed by atoms with van der Waals surface area (Å²) in [5, 5.41) is 7.56. The van der Waals surface area contributed by atoms with Crippen molar-refractivity contribution < 1.29 is 4.74 Å². The van der Waals surface area contributed by atoms with Crippen LogP contribution in [0.25, 0.3) is 0 Å². The van der Waals surface area contributed by atoms with Gasteiger partial charge in [0, 0.05) is 30.7 Å². The maximum atomic E-state index is 6.10. The number of benzene rings is 1. The van der Waals surface area contributed by atoms with Gasteiger partial charge >= 0.3 is 0 Å². The van der Waals surface area contributed by atoms with Crippen LogP contribution < -0.4 is 15.4 Å². The topological polar surface area (TPSA) is 33.3 Å². The van der Waals surface area contributed by atoms with Gasteiger partial charge in [-0.25, -0.2) is 0 Å². The molecule has 0 saturated carbocycles. The molecule has 1 aromatic rings. The number of likely N-dealkylation sites (N-methyl/N-ethyl adjacent to an activating group) is 1. The van der Waals surface area contributed by atoms with E-state index in [1.54, 1.807) is 13.2 Å². The lowest BCUT2D eigenvalue weighted by Crippen LogP contribution is -2.24. The SMILES string of the molecule is CNCCNCc1cc(Cl)c(OC)cc1Cl. The van der Waals surface area contributed by atoms with E-state index in [1.165, 1.54) is 0 Å². The third-order valence-electron chi connectivity index (χ3n) is 2.19. The average Bonchev–Trinajstić information content (AvgIpc) is 2.28. The number of hydrogen-bond donors (Lipinski definition) is 2. The Morgan fingerprint density at radius 1 is 1.19 bits per heavy atom. The summed E-state index contributed by atoms with van der Waals surface area (Å²) in [6.07, 6.45) is 0. The zero-order valence-corrected chi connectivity index (χ0v) is 11.0. The van der Waals surface area contributed by atoms with E-state index in [4.69, 9.17) is 27.9 Å². The molecule has 0 aromatic heterocycles. The molecule has 1 rings (SSSR count). The Labute approximate surface area is 106 Å². The van der Waals surface area contributed by atoms with Gasteiger partial charge < -0.3 is 15.4 Å². The van der Waals surface area contributed by atoms with Gasteiger partial charge in [-0.1, -0.05) is 23.2 Å². The molecule has 0 aliphatic heterocycles. The summed E-state index contributed by atoms with van der Waals surface area (Å²) < 4.78 is 5.08. The van der Waals surface area contributed by atoms with E-state index in [2.05, 4.69) is 10.6 Å². The molecule has 0 spiro atoms. The molecule has 0 bridgehead atoms. The van der Waals surface area contributed by atoms with E-state index >= 15 is 0 Å². The third kappa shape index (κ3) is 3.83. The van der Waals surface area contributed by atoms with Crippen molar-refractivity contribution in [1.29, 1.82) is 0 Å². The number of methoxy groups -OCH3 is 1. The molecule has 1 aromatic carbocycles. The van der Waals surface area contributed by atoms with Crippen molar-refractivity contribution in [3.8, 4) is 5.75 Å². The predicted molar refractivity (Wildman–Crippen MR) is 68.6 cm³/mol. The van der Waals surface area contributed by atoms with Crippen LogP contribution in [-0.4, -0.2) is 27.2 Å². The van der Waals surface area contributed by atoms with Crippen LogP contribution in [0.15, 0.2) is 12.1 Å². The molecule has 0 aliphatic rings. The number of nitrogens with one attached hydrogen (secondary N) is 2. The Morgan fingerprint density at radius 3 is 2.56 bits per heavy atom. The highest BCUT2D eigenvalue weighted by Gasteiger charge is 2.07. The molecule has 0 saturated heterocycles. The Hall–Kier alpha value is -0.480. The minimum atomic E-state index is 0.581. The van der Waals surface area contributed by atoms with Gasteiger partial charge in [0.05, 0.1) is 12.1 Å². The van der Waals surface area contributed by atoms with E-state index in [0.29, 0.717) is 22.3 Å². The molecule has 90 valence electrons. The second-order valence-electron chi connectivity index (χ2n) is 3.36. The van der Waals surface area contributed by atoms with Crippen LogP contribution in [0, 0.1) is 0 Å². The van der Waals surface area contributed by atoms with Crippen molar-refractivity contribution in [1.82, 2.24) is 10.6 Å². The van der Waals surface area contributed by atoms with Gasteiger partial charge in [-0.05, 0) is 18.7 Å². The molecular formula is C11H16Cl2N2O. The summed E-state index contributed by atoms with van der Waals surface area (Å²) in [6.45, 7) is 2.50. The Kier molecular flexibility index (Phi) is 5.91. The third-order valence-corrected chi connectivity index (χ3v) is 2.84. The second-order valence-corrected chi connectivity index (χ2v) is 4.17. The first-order valence-electron chi connectivity index (χ1n) is 5.06. The largest absolute Gasteiger partial charge is 0.495 e. The first kappa shape index (κ1) is 13.6. The van der Waals surface area contributed by atoms with Gasteiger partial charge in [0.15, 0.2) is 0 Å². The van der Waals surface area contributed by atoms with Gasteiger partial charge in [0.1, 0.15) is 5.75 Å². The van der Waals surface area contributed by atoms with Crippen molar-refractivity contribution in [2.45, 2.75) is 6.54 Å². The molecule has 0 unspecified atom stereocenters. The van der Waals surface area contributed by atoms with Gasteiger partial charge in [-0.15, -0.1) is 0 Å². The second kappa shape index (κ2) is 6.97. The summed E-state index contributed by atoms with van der Waals surface area (Å²) >= 11 is 12.1. The van der Waals surface area contributed by atoms with Crippen LogP contribution in [-0.2, 0) is 6.54 Å². The van der Waals surface area contributed by atoms with Gasteiger partial charge in [0.25, 0.3) is 0 Å². The molecule has 3 nitrogen and oxygen atoms in total. The van der Waals surface area contributed by atoms with Crippen molar-refractivity contribution in [2.24, 2.45) is 0 Å². The highest BCUT2D eigenvalue weighted by Crippen LogP contribution is 2.30. The maximum absolute atomic E-state index is 6.10. The molecule has 16 heavy (non-hydrogen) atoms. The number of ether oxygens (including phenoxy) is 1. The van der Waals surface area contributed by atoms with Gasteiger partial charge in [-0.3, -0.25) is 0 Å². The van der Waals surface area contributed by atoms with E-state index in [0.717, 1.165) is 18.7 Å². The molecule has 0 radical (unpaired) electrons. The fraction of sp³-hybridized carbons (Fsp3) is 0.455. The van der Waals surface area contributed by atoms with Crippen LogP contribution in [0.2, 0.25) is 10.0 Å². The first-order valence-corrected chi connectivity index (χ1v) is 5.82. The van der Waals surface area contributed by atoms with E-state index in [9.17, 15) is 0 Å². The molecule has 0 aliphatic carbocycles. The Morgan fingerprint density at radius 2 is 1.94 bits per heavy atom. The van der Waals surface area contributed by atoms with Crippen molar-refractivity contribution >= 4 is 23.2 Å². The lowest BCUT2D eigenvalue weighted by Gasteiger charge is -2.09. The zero-order valence-electron chi connectivity index (χ0n) is 9.44. The molecule has 0 atom stereocenters. The highest BCUT2D eigenvalue weighted by molar-refractivity contribution is 6.34. The number of halogens is 2. The van der Waals surface area contributed by atoms with Gasteiger partial charge in [0.2, 0.25) is 0 Å². The first-order chi connectivity index (χ1) is 7.69. The summed E-state index contributed by atoms with van der Waals surface area (Å²) in [4.78, 5) is 0. The van der Waals surface area contributed by atoms with Crippen LogP contribution >= 0.6 is 23.2 Å². The van der Waals surface area contributed by atoms with Crippen LogP contribution in [0.4, 0.5) is 0 Å². The Bertz CT molecular complexity index is 345. The lowest BCUT2D eigenvalue weighted by atomic mass is 10.2. The minimum Gasteiger partial charge on any atom is -0.495 e. The van der Waals surface area contributed by atoms with Gasteiger partial charge in [-0.2, -0.15) is 0 Å². The standard InChI is InChI=1S/C11H16Cl2N2O/c1-14-3-4-15-7-8-5-10(13)11(16-2)6-9(8)12/h5-6,14-15H,3-4,7H2,1-2H3. The lowest BCUT2D eigenvalue weighted by molar-refractivity contribution is 0.415. The molecule has 2 N–H and O–H groups in total. The summed E-state index contributed by atoms with van der Waals surface area (Å²) in [6, 6.07) is 3.56. The fourth-order valence-corrected chi connectivity index (χ4v) is 1.78. The van der Waals surface area contributed by atoms with Crippen LogP contribution in [0.3, 0.4) is 0 Å². The van der Waals surface area contributed by atoms with Crippen LogP contribution in [0.1, 0.15) is 5.56 Å². The monoisotopic (exact) mass is 262 g/mol.